The fourth-order valence-corrected chi connectivity index (χ4v) is 1.58. The molecule has 1 N–H and O–H groups in total. The zero-order chi connectivity index (χ0) is 6.85. The van der Waals surface area contributed by atoms with Crippen molar-refractivity contribution in [3.8, 4) is 0 Å². The first-order chi connectivity index (χ1) is 4.24. The van der Waals surface area contributed by atoms with Gasteiger partial charge >= 0.3 is 0 Å². The summed E-state index contributed by atoms with van der Waals surface area (Å²) in [6.45, 7) is 2.10. The molecule has 2 radical (unpaired) electrons. The standard InChI is InChI=1S/C7H13BO/c1-2-5-3-6(8)4-7(5)9/h5-7,9H,2-4H2,1H3/t5-,6+,7+/m0/s1. The molecular formula is C7H13BO. The molecule has 3 atom stereocenters. The third-order valence-electron chi connectivity index (χ3n) is 2.22. The third kappa shape index (κ3) is 1.48. The smallest absolute Gasteiger partial charge is 0.0700 e. The Morgan fingerprint density at radius 1 is 1.56 bits per heavy atom. The summed E-state index contributed by atoms with van der Waals surface area (Å²) in [5.41, 5.74) is 0. The maximum absolute atomic E-state index is 9.28. The Morgan fingerprint density at radius 2 is 2.22 bits per heavy atom. The van der Waals surface area contributed by atoms with Crippen molar-refractivity contribution in [3.63, 3.8) is 0 Å². The molecule has 1 aliphatic rings. The highest BCUT2D eigenvalue weighted by Gasteiger charge is 2.27. The molecular weight excluding hydrogens is 111 g/mol. The van der Waals surface area contributed by atoms with Gasteiger partial charge in [-0.15, -0.1) is 0 Å². The predicted octanol–water partition coefficient (Wildman–Crippen LogP) is 1.12. The van der Waals surface area contributed by atoms with Gasteiger partial charge < -0.3 is 5.11 Å². The molecule has 0 spiro atoms. The molecule has 50 valence electrons. The highest BCUT2D eigenvalue weighted by Crippen LogP contribution is 2.34. The van der Waals surface area contributed by atoms with Crippen molar-refractivity contribution in [3.05, 3.63) is 0 Å². The van der Waals surface area contributed by atoms with Crippen LogP contribution in [0.5, 0.6) is 0 Å². The SMILES string of the molecule is [B][C@@H]1C[C@H](CC)[C@H](O)C1. The lowest BCUT2D eigenvalue weighted by Crippen LogP contribution is -2.10. The van der Waals surface area contributed by atoms with Crippen LogP contribution in [0.25, 0.3) is 0 Å². The van der Waals surface area contributed by atoms with Crippen LogP contribution in [0.15, 0.2) is 0 Å². The van der Waals surface area contributed by atoms with Gasteiger partial charge in [0.1, 0.15) is 0 Å². The van der Waals surface area contributed by atoms with E-state index in [1.54, 1.807) is 0 Å². The Balaban J connectivity index is 2.38. The van der Waals surface area contributed by atoms with Crippen LogP contribution >= 0.6 is 0 Å². The number of aliphatic hydroxyl groups is 1. The molecule has 1 saturated carbocycles. The van der Waals surface area contributed by atoms with Crippen molar-refractivity contribution < 1.29 is 5.11 Å². The van der Waals surface area contributed by atoms with Crippen LogP contribution in [0.2, 0.25) is 5.82 Å². The van der Waals surface area contributed by atoms with Gasteiger partial charge in [-0.25, -0.2) is 0 Å². The second-order valence-corrected chi connectivity index (χ2v) is 2.97. The van der Waals surface area contributed by atoms with Crippen LogP contribution in [0.3, 0.4) is 0 Å². The van der Waals surface area contributed by atoms with E-state index in [0.717, 1.165) is 19.3 Å². The largest absolute Gasteiger partial charge is 0.393 e. The highest BCUT2D eigenvalue weighted by molar-refractivity contribution is 6.11. The lowest BCUT2D eigenvalue weighted by molar-refractivity contribution is 0.131. The van der Waals surface area contributed by atoms with Crippen molar-refractivity contribution in [2.75, 3.05) is 0 Å². The summed E-state index contributed by atoms with van der Waals surface area (Å²) in [4.78, 5) is 0. The molecule has 0 saturated heterocycles. The van der Waals surface area contributed by atoms with Crippen LogP contribution in [0.4, 0.5) is 0 Å². The lowest BCUT2D eigenvalue weighted by Gasteiger charge is -2.09. The minimum absolute atomic E-state index is 0.120. The molecule has 1 aliphatic carbocycles. The first-order valence-corrected chi connectivity index (χ1v) is 3.67. The van der Waals surface area contributed by atoms with Crippen molar-refractivity contribution in [2.45, 2.75) is 38.1 Å². The fourth-order valence-electron chi connectivity index (χ4n) is 1.58. The van der Waals surface area contributed by atoms with Crippen molar-refractivity contribution in [1.82, 2.24) is 0 Å². The average molecular weight is 124 g/mol. The molecule has 1 rings (SSSR count). The summed E-state index contributed by atoms with van der Waals surface area (Å²) in [5.74, 6) is 0.727. The molecule has 0 aromatic heterocycles. The molecule has 1 nitrogen and oxygen atoms in total. The van der Waals surface area contributed by atoms with Gasteiger partial charge in [-0.05, 0) is 12.3 Å². The van der Waals surface area contributed by atoms with E-state index in [0.29, 0.717) is 5.92 Å². The summed E-state index contributed by atoms with van der Waals surface area (Å²) < 4.78 is 0. The summed E-state index contributed by atoms with van der Waals surface area (Å²) in [7, 11) is 5.63. The summed E-state index contributed by atoms with van der Waals surface area (Å²) in [6, 6.07) is 0. The third-order valence-corrected chi connectivity index (χ3v) is 2.22. The van der Waals surface area contributed by atoms with Crippen LogP contribution < -0.4 is 0 Å². The lowest BCUT2D eigenvalue weighted by atomic mass is 9.85. The van der Waals surface area contributed by atoms with Crippen LogP contribution in [-0.2, 0) is 0 Å². The fraction of sp³-hybridized carbons (Fsp3) is 1.00. The topological polar surface area (TPSA) is 20.2 Å². The van der Waals surface area contributed by atoms with Crippen LogP contribution in [0.1, 0.15) is 26.2 Å². The number of aliphatic hydroxyl groups excluding tert-OH is 1. The second kappa shape index (κ2) is 2.74. The zero-order valence-corrected chi connectivity index (χ0v) is 5.88. The Morgan fingerprint density at radius 3 is 2.44 bits per heavy atom. The van der Waals surface area contributed by atoms with Gasteiger partial charge in [0.05, 0.1) is 14.0 Å². The highest BCUT2D eigenvalue weighted by atomic mass is 16.3. The molecule has 1 fully saturated rings. The molecule has 0 unspecified atom stereocenters. The number of hydrogen-bond acceptors (Lipinski definition) is 1. The Labute approximate surface area is 57.9 Å². The predicted molar refractivity (Wildman–Crippen MR) is 38.5 cm³/mol. The molecule has 0 aromatic rings. The van der Waals surface area contributed by atoms with E-state index in [9.17, 15) is 5.11 Å². The van der Waals surface area contributed by atoms with Gasteiger partial charge in [0, 0.05) is 0 Å². The summed E-state index contributed by atoms with van der Waals surface area (Å²) >= 11 is 0. The van der Waals surface area contributed by atoms with Crippen molar-refractivity contribution in [2.24, 2.45) is 5.92 Å². The number of hydrogen-bond donors (Lipinski definition) is 1. The summed E-state index contributed by atoms with van der Waals surface area (Å²) in [6.07, 6.45) is 2.76. The Kier molecular flexibility index (Phi) is 2.17. The van der Waals surface area contributed by atoms with Gasteiger partial charge in [0.15, 0.2) is 0 Å². The molecule has 0 amide bonds. The zero-order valence-electron chi connectivity index (χ0n) is 5.88. The van der Waals surface area contributed by atoms with E-state index in [4.69, 9.17) is 7.85 Å². The normalized spacial score (nSPS) is 43.6. The first-order valence-electron chi connectivity index (χ1n) is 3.67. The number of rotatable bonds is 1. The Hall–Kier alpha value is 0.0249. The monoisotopic (exact) mass is 124 g/mol. The van der Waals surface area contributed by atoms with Gasteiger partial charge in [-0.1, -0.05) is 25.6 Å². The van der Waals surface area contributed by atoms with Gasteiger partial charge in [0.25, 0.3) is 0 Å². The van der Waals surface area contributed by atoms with E-state index < -0.39 is 0 Å². The molecule has 0 heterocycles. The minimum atomic E-state index is -0.120. The van der Waals surface area contributed by atoms with Gasteiger partial charge in [-0.2, -0.15) is 0 Å². The van der Waals surface area contributed by atoms with Crippen molar-refractivity contribution in [1.29, 1.82) is 0 Å². The first kappa shape index (κ1) is 7.14. The van der Waals surface area contributed by atoms with Crippen LogP contribution in [0, 0.1) is 5.92 Å². The van der Waals surface area contributed by atoms with Crippen molar-refractivity contribution >= 4 is 7.85 Å². The molecule has 0 bridgehead atoms. The maximum atomic E-state index is 9.28. The quantitative estimate of drug-likeness (QED) is 0.519. The Bertz CT molecular complexity index is 94.9. The molecule has 0 aromatic carbocycles. The average Bonchev–Trinajstić information content (AvgIpc) is 2.10. The minimum Gasteiger partial charge on any atom is -0.393 e. The van der Waals surface area contributed by atoms with E-state index in [-0.39, 0.29) is 11.9 Å². The van der Waals surface area contributed by atoms with E-state index in [1.165, 1.54) is 0 Å². The van der Waals surface area contributed by atoms with Crippen LogP contribution in [-0.4, -0.2) is 19.1 Å². The van der Waals surface area contributed by atoms with Gasteiger partial charge in [-0.3, -0.25) is 0 Å². The molecule has 2 heteroatoms. The maximum Gasteiger partial charge on any atom is 0.0700 e. The van der Waals surface area contributed by atoms with E-state index in [1.807, 2.05) is 0 Å². The van der Waals surface area contributed by atoms with E-state index >= 15 is 0 Å². The summed E-state index contributed by atoms with van der Waals surface area (Å²) in [5, 5.41) is 9.28. The molecule has 0 aliphatic heterocycles. The van der Waals surface area contributed by atoms with Gasteiger partial charge in [0.2, 0.25) is 0 Å². The van der Waals surface area contributed by atoms with E-state index in [2.05, 4.69) is 6.92 Å². The second-order valence-electron chi connectivity index (χ2n) is 2.97. The molecule has 9 heavy (non-hydrogen) atoms.